The first-order valence-corrected chi connectivity index (χ1v) is 7.22. The minimum Gasteiger partial charge on any atom is -0.389 e. The number of hydrogen-bond donors (Lipinski definition) is 2. The van der Waals surface area contributed by atoms with E-state index in [2.05, 4.69) is 11.8 Å². The number of aliphatic hydroxyl groups is 1. The number of hydrogen-bond acceptors (Lipinski definition) is 3. The van der Waals surface area contributed by atoms with Gasteiger partial charge in [-0.3, -0.25) is 0 Å². The summed E-state index contributed by atoms with van der Waals surface area (Å²) in [5.41, 5.74) is 4.85. The molecule has 1 aliphatic rings. The van der Waals surface area contributed by atoms with Gasteiger partial charge in [0.1, 0.15) is 0 Å². The Bertz CT molecular complexity index is 206. The lowest BCUT2D eigenvalue weighted by Crippen LogP contribution is -2.36. The summed E-state index contributed by atoms with van der Waals surface area (Å²) in [6.45, 7) is 8.24. The highest BCUT2D eigenvalue weighted by Gasteiger charge is 2.19. The van der Waals surface area contributed by atoms with Gasteiger partial charge in [0.25, 0.3) is 0 Å². The lowest BCUT2D eigenvalue weighted by Gasteiger charge is -2.32. The fraction of sp³-hybridized carbons (Fsp3) is 1.00. The Balaban J connectivity index is 2.10. The molecular formula is C14H30N2O. The molecule has 1 aliphatic heterocycles. The van der Waals surface area contributed by atoms with E-state index in [1.807, 2.05) is 6.92 Å². The van der Waals surface area contributed by atoms with Gasteiger partial charge in [0.15, 0.2) is 0 Å². The summed E-state index contributed by atoms with van der Waals surface area (Å²) >= 11 is 0. The van der Waals surface area contributed by atoms with E-state index >= 15 is 0 Å². The van der Waals surface area contributed by atoms with Gasteiger partial charge in [-0.1, -0.05) is 13.3 Å². The number of unbranched alkanes of at least 4 members (excludes halogenated alkanes) is 1. The molecule has 0 aromatic heterocycles. The largest absolute Gasteiger partial charge is 0.389 e. The third kappa shape index (κ3) is 5.84. The van der Waals surface area contributed by atoms with Gasteiger partial charge in [0, 0.05) is 13.1 Å². The van der Waals surface area contributed by atoms with Gasteiger partial charge in [-0.15, -0.1) is 0 Å². The third-order valence-corrected chi connectivity index (χ3v) is 4.06. The van der Waals surface area contributed by atoms with Crippen LogP contribution in [0.1, 0.15) is 52.4 Å². The molecule has 3 N–H and O–H groups in total. The van der Waals surface area contributed by atoms with Gasteiger partial charge < -0.3 is 15.7 Å². The van der Waals surface area contributed by atoms with Crippen molar-refractivity contribution in [3.8, 4) is 0 Å². The molecule has 2 unspecified atom stereocenters. The summed E-state index contributed by atoms with van der Waals surface area (Å²) < 4.78 is 0. The number of rotatable bonds is 7. The minimum atomic E-state index is -0.659. The van der Waals surface area contributed by atoms with Gasteiger partial charge in [-0.2, -0.15) is 0 Å². The molecule has 0 bridgehead atoms. The lowest BCUT2D eigenvalue weighted by molar-refractivity contribution is 0.0557. The normalized spacial score (nSPS) is 25.8. The van der Waals surface area contributed by atoms with Crippen molar-refractivity contribution in [2.75, 3.05) is 26.2 Å². The zero-order chi connectivity index (χ0) is 12.7. The molecule has 3 heteroatoms. The van der Waals surface area contributed by atoms with Crippen LogP contribution in [0, 0.1) is 5.92 Å². The Morgan fingerprint density at radius 2 is 2.18 bits per heavy atom. The standard InChI is InChI=1S/C14H30N2O/c1-3-13-7-6-10-16(11-13)9-5-4-8-14(2,17)12-15/h13,17H,3-12,15H2,1-2H3. The molecular weight excluding hydrogens is 212 g/mol. The number of likely N-dealkylation sites (tertiary alicyclic amines) is 1. The second-order valence-corrected chi connectivity index (χ2v) is 5.88. The Hall–Kier alpha value is -0.120. The van der Waals surface area contributed by atoms with Crippen molar-refractivity contribution in [2.45, 2.75) is 58.0 Å². The van der Waals surface area contributed by atoms with E-state index < -0.39 is 5.60 Å². The molecule has 102 valence electrons. The quantitative estimate of drug-likeness (QED) is 0.671. The molecule has 3 nitrogen and oxygen atoms in total. The van der Waals surface area contributed by atoms with Crippen LogP contribution in [0.25, 0.3) is 0 Å². The van der Waals surface area contributed by atoms with Crippen LogP contribution in [0.4, 0.5) is 0 Å². The molecule has 0 amide bonds. The predicted octanol–water partition coefficient (Wildman–Crippen LogP) is 1.99. The maximum atomic E-state index is 9.80. The minimum absolute atomic E-state index is 0.370. The molecule has 0 radical (unpaired) electrons. The van der Waals surface area contributed by atoms with Gasteiger partial charge >= 0.3 is 0 Å². The van der Waals surface area contributed by atoms with Crippen molar-refractivity contribution < 1.29 is 5.11 Å². The Morgan fingerprint density at radius 1 is 1.41 bits per heavy atom. The zero-order valence-electron chi connectivity index (χ0n) is 11.6. The Labute approximate surface area is 106 Å². The highest BCUT2D eigenvalue weighted by Crippen LogP contribution is 2.20. The molecule has 1 rings (SSSR count). The van der Waals surface area contributed by atoms with Gasteiger partial charge in [0.2, 0.25) is 0 Å². The summed E-state index contributed by atoms with van der Waals surface area (Å²) in [5, 5.41) is 9.80. The first-order valence-electron chi connectivity index (χ1n) is 7.22. The fourth-order valence-electron chi connectivity index (χ4n) is 2.63. The van der Waals surface area contributed by atoms with E-state index in [0.29, 0.717) is 6.54 Å². The monoisotopic (exact) mass is 242 g/mol. The molecule has 0 spiro atoms. The highest BCUT2D eigenvalue weighted by atomic mass is 16.3. The summed E-state index contributed by atoms with van der Waals surface area (Å²) in [4.78, 5) is 2.59. The fourth-order valence-corrected chi connectivity index (χ4v) is 2.63. The maximum Gasteiger partial charge on any atom is 0.0741 e. The summed E-state index contributed by atoms with van der Waals surface area (Å²) in [6.07, 6.45) is 7.19. The molecule has 0 aliphatic carbocycles. The summed E-state index contributed by atoms with van der Waals surface area (Å²) in [7, 11) is 0. The first-order chi connectivity index (χ1) is 8.07. The SMILES string of the molecule is CCC1CCCN(CCCCC(C)(O)CN)C1. The van der Waals surface area contributed by atoms with Crippen molar-refractivity contribution in [2.24, 2.45) is 11.7 Å². The van der Waals surface area contributed by atoms with Crippen LogP contribution >= 0.6 is 0 Å². The second-order valence-electron chi connectivity index (χ2n) is 5.88. The number of nitrogens with two attached hydrogens (primary N) is 1. The second kappa shape index (κ2) is 7.34. The number of piperidine rings is 1. The van der Waals surface area contributed by atoms with Crippen LogP contribution in [0.2, 0.25) is 0 Å². The van der Waals surface area contributed by atoms with Crippen LogP contribution in [0.15, 0.2) is 0 Å². The van der Waals surface area contributed by atoms with Crippen LogP contribution in [-0.2, 0) is 0 Å². The lowest BCUT2D eigenvalue weighted by atomic mass is 9.95. The van der Waals surface area contributed by atoms with E-state index in [-0.39, 0.29) is 0 Å². The Kier molecular flexibility index (Phi) is 6.45. The van der Waals surface area contributed by atoms with E-state index in [9.17, 15) is 5.11 Å². The van der Waals surface area contributed by atoms with Crippen molar-refractivity contribution in [3.05, 3.63) is 0 Å². The van der Waals surface area contributed by atoms with Crippen molar-refractivity contribution in [1.29, 1.82) is 0 Å². The van der Waals surface area contributed by atoms with Gasteiger partial charge in [-0.25, -0.2) is 0 Å². The maximum absolute atomic E-state index is 9.80. The van der Waals surface area contributed by atoms with Gasteiger partial charge in [-0.05, 0) is 58.0 Å². The molecule has 0 saturated carbocycles. The molecule has 0 aromatic carbocycles. The zero-order valence-corrected chi connectivity index (χ0v) is 11.6. The highest BCUT2D eigenvalue weighted by molar-refractivity contribution is 4.75. The molecule has 1 saturated heterocycles. The molecule has 17 heavy (non-hydrogen) atoms. The number of nitrogens with zero attached hydrogens (tertiary/aromatic N) is 1. The Morgan fingerprint density at radius 3 is 2.82 bits per heavy atom. The molecule has 1 heterocycles. The van der Waals surface area contributed by atoms with E-state index in [4.69, 9.17) is 5.73 Å². The predicted molar refractivity (Wildman–Crippen MR) is 73.0 cm³/mol. The topological polar surface area (TPSA) is 49.5 Å². The van der Waals surface area contributed by atoms with E-state index in [1.165, 1.54) is 45.3 Å². The van der Waals surface area contributed by atoms with Crippen LogP contribution < -0.4 is 5.73 Å². The van der Waals surface area contributed by atoms with Crippen LogP contribution in [0.3, 0.4) is 0 Å². The molecule has 1 fully saturated rings. The average Bonchev–Trinajstić information content (AvgIpc) is 2.35. The smallest absolute Gasteiger partial charge is 0.0741 e. The van der Waals surface area contributed by atoms with E-state index in [1.54, 1.807) is 0 Å². The first kappa shape index (κ1) is 14.9. The van der Waals surface area contributed by atoms with Crippen LogP contribution in [-0.4, -0.2) is 41.8 Å². The molecule has 2 atom stereocenters. The van der Waals surface area contributed by atoms with Crippen molar-refractivity contribution in [3.63, 3.8) is 0 Å². The summed E-state index contributed by atoms with van der Waals surface area (Å²) in [6, 6.07) is 0. The summed E-state index contributed by atoms with van der Waals surface area (Å²) in [5.74, 6) is 0.913. The molecule has 0 aromatic rings. The van der Waals surface area contributed by atoms with Crippen molar-refractivity contribution >= 4 is 0 Å². The van der Waals surface area contributed by atoms with E-state index in [0.717, 1.165) is 18.8 Å². The average molecular weight is 242 g/mol. The van der Waals surface area contributed by atoms with Crippen molar-refractivity contribution in [1.82, 2.24) is 4.90 Å². The third-order valence-electron chi connectivity index (χ3n) is 4.06. The van der Waals surface area contributed by atoms with Crippen LogP contribution in [0.5, 0.6) is 0 Å². The van der Waals surface area contributed by atoms with Gasteiger partial charge in [0.05, 0.1) is 5.60 Å².